The topological polar surface area (TPSA) is 44.7 Å². The number of amides is 1. The summed E-state index contributed by atoms with van der Waals surface area (Å²) in [5, 5.41) is 3.02. The van der Waals surface area contributed by atoms with E-state index in [1.54, 1.807) is 18.5 Å². The number of fused-ring (bicyclic) bond motifs is 1. The normalized spacial score (nSPS) is 25.3. The van der Waals surface area contributed by atoms with Crippen molar-refractivity contribution < 1.29 is 4.79 Å². The number of alkyl halides is 1. The Hall–Kier alpha value is -1.29. The number of nitrogens with one attached hydrogen (secondary N) is 1. The van der Waals surface area contributed by atoms with Crippen molar-refractivity contribution in [3.05, 3.63) is 24.0 Å². The zero-order chi connectivity index (χ0) is 9.26. The number of nitrogens with zero attached hydrogens (tertiary/aromatic N) is 2. The van der Waals surface area contributed by atoms with Gasteiger partial charge in [-0.3, -0.25) is 9.69 Å². The average Bonchev–Trinajstić information content (AvgIpc) is 2.18. The van der Waals surface area contributed by atoms with E-state index in [0.717, 1.165) is 0 Å². The summed E-state index contributed by atoms with van der Waals surface area (Å²) in [4.78, 5) is 17.0. The SMILES string of the molecule is O=C1C=C(CCl)NC2N=CC=CN12. The molecule has 5 heteroatoms. The van der Waals surface area contributed by atoms with Crippen molar-refractivity contribution in [1.29, 1.82) is 0 Å². The third kappa shape index (κ3) is 1.45. The Morgan fingerprint density at radius 3 is 3.31 bits per heavy atom. The first-order valence-electron chi connectivity index (χ1n) is 3.86. The first-order chi connectivity index (χ1) is 6.31. The van der Waals surface area contributed by atoms with Gasteiger partial charge < -0.3 is 5.32 Å². The van der Waals surface area contributed by atoms with Gasteiger partial charge in [0.2, 0.25) is 6.29 Å². The van der Waals surface area contributed by atoms with Crippen LogP contribution in [0.4, 0.5) is 0 Å². The standard InChI is InChI=1S/C8H8ClN3O/c9-5-6-4-7(13)12-3-1-2-10-8(12)11-6/h1-4,8,11H,5H2. The third-order valence-electron chi connectivity index (χ3n) is 1.83. The average molecular weight is 198 g/mol. The lowest BCUT2D eigenvalue weighted by Crippen LogP contribution is -2.48. The molecule has 1 N–H and O–H groups in total. The lowest BCUT2D eigenvalue weighted by atomic mass is 10.3. The van der Waals surface area contributed by atoms with Gasteiger partial charge in [0, 0.05) is 24.2 Å². The number of carbonyl (C=O) groups is 1. The number of halogens is 1. The Kier molecular flexibility index (Phi) is 2.06. The maximum Gasteiger partial charge on any atom is 0.255 e. The predicted octanol–water partition coefficient (Wildman–Crippen LogP) is 0.423. The molecule has 1 unspecified atom stereocenters. The fraction of sp³-hybridized carbons (Fsp3) is 0.250. The molecule has 2 aliphatic heterocycles. The number of carbonyl (C=O) groups excluding carboxylic acids is 1. The maximum atomic E-state index is 11.4. The Bertz CT molecular complexity index is 321. The Morgan fingerprint density at radius 1 is 1.69 bits per heavy atom. The van der Waals surface area contributed by atoms with Crippen LogP contribution in [0.15, 0.2) is 29.0 Å². The molecular weight excluding hydrogens is 190 g/mol. The molecule has 0 aliphatic carbocycles. The fourth-order valence-corrected chi connectivity index (χ4v) is 1.38. The summed E-state index contributed by atoms with van der Waals surface area (Å²) in [5.41, 5.74) is 0.709. The van der Waals surface area contributed by atoms with Crippen molar-refractivity contribution in [3.63, 3.8) is 0 Å². The van der Waals surface area contributed by atoms with Crippen LogP contribution in [0.3, 0.4) is 0 Å². The third-order valence-corrected chi connectivity index (χ3v) is 2.12. The molecule has 13 heavy (non-hydrogen) atoms. The van der Waals surface area contributed by atoms with Gasteiger partial charge in [-0.05, 0) is 6.08 Å². The molecule has 4 nitrogen and oxygen atoms in total. The highest BCUT2D eigenvalue weighted by Crippen LogP contribution is 2.13. The zero-order valence-corrected chi connectivity index (χ0v) is 7.53. The van der Waals surface area contributed by atoms with Crippen LogP contribution < -0.4 is 5.32 Å². The highest BCUT2D eigenvalue weighted by molar-refractivity contribution is 6.19. The first-order valence-corrected chi connectivity index (χ1v) is 4.40. The maximum absolute atomic E-state index is 11.4. The van der Waals surface area contributed by atoms with E-state index < -0.39 is 0 Å². The van der Waals surface area contributed by atoms with Gasteiger partial charge in [-0.25, -0.2) is 4.99 Å². The smallest absolute Gasteiger partial charge is 0.255 e. The zero-order valence-electron chi connectivity index (χ0n) is 6.77. The highest BCUT2D eigenvalue weighted by atomic mass is 35.5. The molecule has 1 atom stereocenters. The summed E-state index contributed by atoms with van der Waals surface area (Å²) in [6.07, 6.45) is 6.22. The van der Waals surface area contributed by atoms with Crippen LogP contribution in [0.1, 0.15) is 0 Å². The predicted molar refractivity (Wildman–Crippen MR) is 50.2 cm³/mol. The van der Waals surface area contributed by atoms with E-state index >= 15 is 0 Å². The minimum absolute atomic E-state index is 0.0903. The Labute approximate surface area is 80.6 Å². The summed E-state index contributed by atoms with van der Waals surface area (Å²) in [6, 6.07) is 0. The molecule has 0 bridgehead atoms. The minimum atomic E-state index is -0.323. The molecule has 0 aromatic rings. The molecule has 2 rings (SSSR count). The molecule has 0 fully saturated rings. The van der Waals surface area contributed by atoms with Gasteiger partial charge in [0.15, 0.2) is 0 Å². The van der Waals surface area contributed by atoms with Crippen molar-refractivity contribution in [3.8, 4) is 0 Å². The molecule has 0 aromatic carbocycles. The molecule has 68 valence electrons. The summed E-state index contributed by atoms with van der Waals surface area (Å²) < 4.78 is 0. The van der Waals surface area contributed by atoms with Gasteiger partial charge >= 0.3 is 0 Å². The van der Waals surface area contributed by atoms with E-state index in [1.807, 2.05) is 0 Å². The van der Waals surface area contributed by atoms with Crippen molar-refractivity contribution in [2.24, 2.45) is 4.99 Å². The second-order valence-electron chi connectivity index (χ2n) is 2.71. The molecule has 1 amide bonds. The molecule has 2 aliphatic rings. The van der Waals surface area contributed by atoms with Crippen molar-refractivity contribution in [2.75, 3.05) is 5.88 Å². The molecule has 0 spiro atoms. The van der Waals surface area contributed by atoms with E-state index in [9.17, 15) is 4.79 Å². The van der Waals surface area contributed by atoms with Crippen molar-refractivity contribution in [1.82, 2.24) is 10.2 Å². The van der Waals surface area contributed by atoms with Gasteiger partial charge in [-0.1, -0.05) is 0 Å². The van der Waals surface area contributed by atoms with Crippen LogP contribution in [0.25, 0.3) is 0 Å². The summed E-state index contributed by atoms with van der Waals surface area (Å²) in [7, 11) is 0. The fourth-order valence-electron chi connectivity index (χ4n) is 1.22. The summed E-state index contributed by atoms with van der Waals surface area (Å²) in [5.74, 6) is 0.211. The number of aliphatic imine (C=N–C) groups is 1. The second-order valence-corrected chi connectivity index (χ2v) is 2.97. The van der Waals surface area contributed by atoms with Gasteiger partial charge in [0.05, 0.1) is 5.88 Å². The Morgan fingerprint density at radius 2 is 2.54 bits per heavy atom. The van der Waals surface area contributed by atoms with Gasteiger partial charge in [0.25, 0.3) is 5.91 Å². The van der Waals surface area contributed by atoms with E-state index in [4.69, 9.17) is 11.6 Å². The van der Waals surface area contributed by atoms with Gasteiger partial charge in [0.1, 0.15) is 0 Å². The van der Waals surface area contributed by atoms with Crippen LogP contribution in [0.5, 0.6) is 0 Å². The first kappa shape index (κ1) is 8.31. The molecule has 0 saturated heterocycles. The molecule has 0 aromatic heterocycles. The van der Waals surface area contributed by atoms with E-state index in [-0.39, 0.29) is 12.2 Å². The molecular formula is C8H8ClN3O. The van der Waals surface area contributed by atoms with E-state index in [0.29, 0.717) is 11.6 Å². The lowest BCUT2D eigenvalue weighted by molar-refractivity contribution is -0.126. The highest BCUT2D eigenvalue weighted by Gasteiger charge is 2.25. The van der Waals surface area contributed by atoms with Crippen LogP contribution in [0.2, 0.25) is 0 Å². The van der Waals surface area contributed by atoms with Gasteiger partial charge in [-0.15, -0.1) is 11.6 Å². The minimum Gasteiger partial charge on any atom is -0.349 e. The Balaban J connectivity index is 2.27. The quantitative estimate of drug-likeness (QED) is 0.620. The molecule has 2 heterocycles. The molecule has 0 saturated carbocycles. The largest absolute Gasteiger partial charge is 0.349 e. The number of hydrogen-bond donors (Lipinski definition) is 1. The van der Waals surface area contributed by atoms with Gasteiger partial charge in [-0.2, -0.15) is 0 Å². The number of allylic oxidation sites excluding steroid dienone is 2. The van der Waals surface area contributed by atoms with Crippen LogP contribution in [-0.2, 0) is 4.79 Å². The number of hydrogen-bond acceptors (Lipinski definition) is 3. The van der Waals surface area contributed by atoms with Crippen molar-refractivity contribution >= 4 is 23.7 Å². The van der Waals surface area contributed by atoms with Crippen LogP contribution >= 0.6 is 11.6 Å². The van der Waals surface area contributed by atoms with Crippen molar-refractivity contribution in [2.45, 2.75) is 6.29 Å². The van der Waals surface area contributed by atoms with Crippen LogP contribution in [0, 0.1) is 0 Å². The van der Waals surface area contributed by atoms with Crippen LogP contribution in [-0.4, -0.2) is 29.2 Å². The lowest BCUT2D eigenvalue weighted by Gasteiger charge is -2.32. The number of rotatable bonds is 1. The monoisotopic (exact) mass is 197 g/mol. The van der Waals surface area contributed by atoms with E-state index in [1.165, 1.54) is 11.0 Å². The van der Waals surface area contributed by atoms with E-state index in [2.05, 4.69) is 10.3 Å². The summed E-state index contributed by atoms with van der Waals surface area (Å²) in [6.45, 7) is 0. The molecule has 0 radical (unpaired) electrons. The second kappa shape index (κ2) is 3.22. The summed E-state index contributed by atoms with van der Waals surface area (Å²) >= 11 is 5.61.